The number of amides is 1. The number of hydrogen-bond donors (Lipinski definition) is 2. The van der Waals surface area contributed by atoms with Crippen molar-refractivity contribution in [1.29, 1.82) is 0 Å². The zero-order valence-electron chi connectivity index (χ0n) is 22.1. The monoisotopic (exact) mass is 500 g/mol. The molecule has 1 aliphatic heterocycles. The van der Waals surface area contributed by atoms with E-state index in [2.05, 4.69) is 34.4 Å². The Hall–Kier alpha value is -3.04. The first-order valence-corrected chi connectivity index (χ1v) is 12.5. The van der Waals surface area contributed by atoms with Gasteiger partial charge in [-0.05, 0) is 30.4 Å². The van der Waals surface area contributed by atoms with E-state index < -0.39 is 0 Å². The van der Waals surface area contributed by atoms with Crippen LogP contribution in [0.4, 0.5) is 5.69 Å². The number of hydrogen-bond acceptors (Lipinski definition) is 8. The highest BCUT2D eigenvalue weighted by Gasteiger charge is 2.30. The number of rotatable bonds is 13. The van der Waals surface area contributed by atoms with Crippen LogP contribution in [-0.2, 0) is 16.1 Å². The lowest BCUT2D eigenvalue weighted by Gasteiger charge is -2.36. The summed E-state index contributed by atoms with van der Waals surface area (Å²) >= 11 is 0. The molecule has 9 nitrogen and oxygen atoms in total. The van der Waals surface area contributed by atoms with Crippen LogP contribution in [0.1, 0.15) is 38.7 Å². The summed E-state index contributed by atoms with van der Waals surface area (Å²) in [5.41, 5.74) is 1.85. The Kier molecular flexibility index (Phi) is 10.6. The molecule has 0 aliphatic carbocycles. The van der Waals surface area contributed by atoms with E-state index in [0.717, 1.165) is 37.1 Å². The summed E-state index contributed by atoms with van der Waals surface area (Å²) in [4.78, 5) is 19.7. The first-order chi connectivity index (χ1) is 17.5. The van der Waals surface area contributed by atoms with Gasteiger partial charge in [-0.3, -0.25) is 14.7 Å². The van der Waals surface area contributed by atoms with Crippen LogP contribution in [0.3, 0.4) is 0 Å². The molecule has 0 bridgehead atoms. The normalized spacial score (nSPS) is 16.9. The number of likely N-dealkylation sites (tertiary alicyclic amines) is 1. The SMILES string of the molecule is COc1cc(NCN2CCCC[C@H]2C(=O)N[C@H](COCc2cccnc2)C(C)C)cc(OC)c1OC. The van der Waals surface area contributed by atoms with Crippen molar-refractivity contribution in [2.45, 2.75) is 51.8 Å². The molecule has 3 rings (SSSR count). The van der Waals surface area contributed by atoms with Crippen LogP contribution in [0.2, 0.25) is 0 Å². The Balaban J connectivity index is 1.60. The molecule has 198 valence electrons. The average Bonchev–Trinajstić information content (AvgIpc) is 2.91. The zero-order chi connectivity index (χ0) is 25.9. The third-order valence-electron chi connectivity index (χ3n) is 6.49. The molecular formula is C27H40N4O5. The molecule has 36 heavy (non-hydrogen) atoms. The van der Waals surface area contributed by atoms with Crippen molar-refractivity contribution in [3.63, 3.8) is 0 Å². The standard InChI is InChI=1S/C27H40N4O5/c1-19(2)22(17-36-16-20-9-8-11-28-15-20)30-27(32)23-10-6-7-12-31(23)18-29-21-13-24(33-3)26(35-5)25(14-21)34-4/h8-9,11,13-15,19,22-23,29H,6-7,10,12,16-18H2,1-5H3,(H,30,32)/t22-,23+/m1/s1. The van der Waals surface area contributed by atoms with E-state index in [1.807, 2.05) is 24.3 Å². The van der Waals surface area contributed by atoms with Crippen molar-refractivity contribution in [3.8, 4) is 17.2 Å². The van der Waals surface area contributed by atoms with Gasteiger partial charge in [0.1, 0.15) is 0 Å². The largest absolute Gasteiger partial charge is 0.493 e. The van der Waals surface area contributed by atoms with Crippen molar-refractivity contribution < 1.29 is 23.7 Å². The van der Waals surface area contributed by atoms with Crippen LogP contribution in [0.25, 0.3) is 0 Å². The lowest BCUT2D eigenvalue weighted by atomic mass is 10.00. The summed E-state index contributed by atoms with van der Waals surface area (Å²) in [7, 11) is 4.77. The number of aromatic nitrogens is 1. The van der Waals surface area contributed by atoms with Gasteiger partial charge < -0.3 is 29.6 Å². The number of ether oxygens (including phenoxy) is 4. The van der Waals surface area contributed by atoms with E-state index in [1.54, 1.807) is 33.7 Å². The van der Waals surface area contributed by atoms with Crippen molar-refractivity contribution in [2.24, 2.45) is 5.92 Å². The quantitative estimate of drug-likeness (QED) is 0.430. The molecule has 1 amide bonds. The average molecular weight is 501 g/mol. The number of nitrogens with zero attached hydrogens (tertiary/aromatic N) is 2. The van der Waals surface area contributed by atoms with Gasteiger partial charge in [-0.1, -0.05) is 26.3 Å². The fraction of sp³-hybridized carbons (Fsp3) is 0.556. The summed E-state index contributed by atoms with van der Waals surface area (Å²) in [6, 6.07) is 7.35. The van der Waals surface area contributed by atoms with Crippen molar-refractivity contribution in [3.05, 3.63) is 42.2 Å². The van der Waals surface area contributed by atoms with Crippen LogP contribution in [-0.4, -0.2) is 69.0 Å². The molecule has 1 aromatic heterocycles. The molecule has 1 aromatic carbocycles. The fourth-order valence-electron chi connectivity index (χ4n) is 4.32. The van der Waals surface area contributed by atoms with Gasteiger partial charge in [0.15, 0.2) is 11.5 Å². The van der Waals surface area contributed by atoms with Gasteiger partial charge in [-0.15, -0.1) is 0 Å². The van der Waals surface area contributed by atoms with E-state index in [4.69, 9.17) is 18.9 Å². The summed E-state index contributed by atoms with van der Waals surface area (Å²) in [5, 5.41) is 6.67. The summed E-state index contributed by atoms with van der Waals surface area (Å²) in [6.45, 7) is 6.50. The van der Waals surface area contributed by atoms with E-state index in [-0.39, 0.29) is 23.9 Å². The lowest BCUT2D eigenvalue weighted by Crippen LogP contribution is -2.54. The van der Waals surface area contributed by atoms with Gasteiger partial charge in [0.25, 0.3) is 0 Å². The highest BCUT2D eigenvalue weighted by atomic mass is 16.5. The van der Waals surface area contributed by atoms with Gasteiger partial charge >= 0.3 is 0 Å². The minimum absolute atomic E-state index is 0.0464. The maximum absolute atomic E-state index is 13.3. The minimum atomic E-state index is -0.201. The van der Waals surface area contributed by atoms with Gasteiger partial charge in [0.05, 0.1) is 53.3 Å². The topological polar surface area (TPSA) is 94.2 Å². The Morgan fingerprint density at radius 3 is 2.50 bits per heavy atom. The molecule has 2 N–H and O–H groups in total. The van der Waals surface area contributed by atoms with Gasteiger partial charge in [-0.25, -0.2) is 0 Å². The molecule has 2 atom stereocenters. The second-order valence-corrected chi connectivity index (χ2v) is 9.31. The number of methoxy groups -OCH3 is 3. The molecule has 1 saturated heterocycles. The molecule has 1 aliphatic rings. The van der Waals surface area contributed by atoms with Gasteiger partial charge in [-0.2, -0.15) is 0 Å². The third kappa shape index (κ3) is 7.48. The molecule has 0 saturated carbocycles. The molecule has 0 unspecified atom stereocenters. The van der Waals surface area contributed by atoms with Gasteiger partial charge in [0.2, 0.25) is 11.7 Å². The lowest BCUT2D eigenvalue weighted by molar-refractivity contribution is -0.129. The molecular weight excluding hydrogens is 460 g/mol. The predicted molar refractivity (Wildman–Crippen MR) is 140 cm³/mol. The number of nitrogens with one attached hydrogen (secondary N) is 2. The molecule has 2 heterocycles. The van der Waals surface area contributed by atoms with Crippen molar-refractivity contribution in [2.75, 3.05) is 46.5 Å². The molecule has 9 heteroatoms. The number of benzene rings is 1. The van der Waals surface area contributed by atoms with Gasteiger partial charge in [0, 0.05) is 36.8 Å². The maximum atomic E-state index is 13.3. The summed E-state index contributed by atoms with van der Waals surface area (Å²) in [6.07, 6.45) is 6.45. The number of anilines is 1. The van der Waals surface area contributed by atoms with Crippen molar-refractivity contribution in [1.82, 2.24) is 15.2 Å². The number of piperidine rings is 1. The fourth-order valence-corrected chi connectivity index (χ4v) is 4.32. The van der Waals surface area contributed by atoms with E-state index >= 15 is 0 Å². The van der Waals surface area contributed by atoms with Crippen molar-refractivity contribution >= 4 is 11.6 Å². The Labute approximate surface area is 214 Å². The smallest absolute Gasteiger partial charge is 0.237 e. The van der Waals surface area contributed by atoms with Crippen LogP contribution in [0.15, 0.2) is 36.7 Å². The van der Waals surface area contributed by atoms with Crippen LogP contribution in [0.5, 0.6) is 17.2 Å². The summed E-state index contributed by atoms with van der Waals surface area (Å²) in [5.74, 6) is 2.00. The van der Waals surface area contributed by atoms with E-state index in [1.165, 1.54) is 0 Å². The third-order valence-corrected chi connectivity index (χ3v) is 6.49. The van der Waals surface area contributed by atoms with Crippen LogP contribution < -0.4 is 24.8 Å². The maximum Gasteiger partial charge on any atom is 0.237 e. The molecule has 2 aromatic rings. The van der Waals surface area contributed by atoms with Crippen LogP contribution in [0, 0.1) is 5.92 Å². The second kappa shape index (κ2) is 13.9. The zero-order valence-corrected chi connectivity index (χ0v) is 22.1. The Morgan fingerprint density at radius 1 is 1.14 bits per heavy atom. The number of pyridine rings is 1. The highest BCUT2D eigenvalue weighted by Crippen LogP contribution is 2.40. The second-order valence-electron chi connectivity index (χ2n) is 9.31. The van der Waals surface area contributed by atoms with E-state index in [0.29, 0.717) is 37.1 Å². The number of carbonyl (C=O) groups is 1. The number of carbonyl (C=O) groups excluding carboxylic acids is 1. The molecule has 0 spiro atoms. The van der Waals surface area contributed by atoms with Crippen LogP contribution >= 0.6 is 0 Å². The first-order valence-electron chi connectivity index (χ1n) is 12.5. The highest BCUT2D eigenvalue weighted by molar-refractivity contribution is 5.82. The first kappa shape index (κ1) is 27.5. The molecule has 1 fully saturated rings. The molecule has 0 radical (unpaired) electrons. The predicted octanol–water partition coefficient (Wildman–Crippen LogP) is 3.69. The van der Waals surface area contributed by atoms with E-state index in [9.17, 15) is 4.79 Å². The Morgan fingerprint density at radius 2 is 1.89 bits per heavy atom. The Bertz CT molecular complexity index is 931. The summed E-state index contributed by atoms with van der Waals surface area (Å²) < 4.78 is 22.2. The minimum Gasteiger partial charge on any atom is -0.493 e.